The minimum Gasteiger partial charge on any atom is -0.487 e. The summed E-state index contributed by atoms with van der Waals surface area (Å²) in [5.74, 6) is 0.0941. The second-order valence-electron chi connectivity index (χ2n) is 4.98. The standard InChI is InChI=1S/C16H16Cl2FNO/c1-10(20)6-11-3-5-16(14(18)7-11)21-9-12-2-4-13(17)15(19)8-12/h2-5,7-8,10H,6,9,20H2,1H3. The van der Waals surface area contributed by atoms with Gasteiger partial charge in [-0.05, 0) is 48.7 Å². The number of benzene rings is 2. The lowest BCUT2D eigenvalue weighted by Crippen LogP contribution is -2.17. The average molecular weight is 328 g/mol. The summed E-state index contributed by atoms with van der Waals surface area (Å²) in [6.45, 7) is 2.16. The topological polar surface area (TPSA) is 35.2 Å². The number of nitrogens with two attached hydrogens (primary N) is 1. The van der Waals surface area contributed by atoms with Crippen molar-refractivity contribution >= 4 is 23.2 Å². The molecule has 2 rings (SSSR count). The molecular weight excluding hydrogens is 312 g/mol. The summed E-state index contributed by atoms with van der Waals surface area (Å²) in [5.41, 5.74) is 7.50. The van der Waals surface area contributed by atoms with E-state index in [0.717, 1.165) is 12.0 Å². The Balaban J connectivity index is 2.04. The molecule has 2 N–H and O–H groups in total. The summed E-state index contributed by atoms with van der Waals surface area (Å²) in [6, 6.07) is 10.2. The molecule has 2 aromatic rings. The zero-order valence-electron chi connectivity index (χ0n) is 11.6. The van der Waals surface area contributed by atoms with Gasteiger partial charge in [0.2, 0.25) is 0 Å². The van der Waals surface area contributed by atoms with Crippen molar-refractivity contribution in [2.75, 3.05) is 0 Å². The van der Waals surface area contributed by atoms with Gasteiger partial charge in [0.1, 0.15) is 18.2 Å². The van der Waals surface area contributed by atoms with Crippen LogP contribution in [0.5, 0.6) is 5.75 Å². The zero-order chi connectivity index (χ0) is 15.4. The summed E-state index contributed by atoms with van der Waals surface area (Å²) < 4.78 is 18.9. The monoisotopic (exact) mass is 327 g/mol. The summed E-state index contributed by atoms with van der Waals surface area (Å²) >= 11 is 11.8. The highest BCUT2D eigenvalue weighted by atomic mass is 35.5. The molecule has 112 valence electrons. The van der Waals surface area contributed by atoms with Crippen molar-refractivity contribution in [1.29, 1.82) is 0 Å². The highest BCUT2D eigenvalue weighted by molar-refractivity contribution is 6.32. The first-order valence-corrected chi connectivity index (χ1v) is 7.32. The molecule has 0 saturated carbocycles. The Kier molecular flexibility index (Phi) is 5.45. The molecule has 0 bridgehead atoms. The molecule has 0 heterocycles. The number of hydrogen-bond acceptors (Lipinski definition) is 2. The van der Waals surface area contributed by atoms with Crippen LogP contribution in [0.3, 0.4) is 0 Å². The third-order valence-electron chi connectivity index (χ3n) is 2.93. The van der Waals surface area contributed by atoms with Crippen LogP contribution in [0, 0.1) is 5.82 Å². The molecule has 1 atom stereocenters. The number of ether oxygens (including phenoxy) is 1. The number of halogens is 3. The fraction of sp³-hybridized carbons (Fsp3) is 0.250. The normalized spacial score (nSPS) is 12.2. The first-order chi connectivity index (χ1) is 9.95. The fourth-order valence-corrected chi connectivity index (χ4v) is 2.33. The first-order valence-electron chi connectivity index (χ1n) is 6.56. The predicted molar refractivity (Wildman–Crippen MR) is 84.5 cm³/mol. The minimum atomic E-state index is -0.462. The van der Waals surface area contributed by atoms with E-state index < -0.39 is 5.82 Å². The maximum atomic E-state index is 13.3. The molecular formula is C16H16Cl2FNO. The molecule has 0 aliphatic rings. The molecule has 2 aromatic carbocycles. The Bertz CT molecular complexity index is 632. The van der Waals surface area contributed by atoms with Crippen LogP contribution in [0.1, 0.15) is 18.1 Å². The van der Waals surface area contributed by atoms with E-state index in [9.17, 15) is 4.39 Å². The van der Waals surface area contributed by atoms with Gasteiger partial charge in [-0.25, -0.2) is 4.39 Å². The molecule has 0 radical (unpaired) electrons. The van der Waals surface area contributed by atoms with Crippen molar-refractivity contribution < 1.29 is 9.13 Å². The van der Waals surface area contributed by atoms with Crippen LogP contribution in [0.4, 0.5) is 4.39 Å². The Hall–Kier alpha value is -1.29. The van der Waals surface area contributed by atoms with Crippen LogP contribution in [-0.4, -0.2) is 6.04 Å². The van der Waals surface area contributed by atoms with Gasteiger partial charge in [0.05, 0.1) is 10.0 Å². The molecule has 2 nitrogen and oxygen atoms in total. The van der Waals surface area contributed by atoms with E-state index in [1.54, 1.807) is 12.1 Å². The van der Waals surface area contributed by atoms with E-state index in [1.807, 2.05) is 19.1 Å². The lowest BCUT2D eigenvalue weighted by Gasteiger charge is -2.11. The van der Waals surface area contributed by atoms with E-state index >= 15 is 0 Å². The third kappa shape index (κ3) is 4.60. The van der Waals surface area contributed by atoms with Crippen LogP contribution >= 0.6 is 23.2 Å². The lowest BCUT2D eigenvalue weighted by atomic mass is 10.1. The second-order valence-corrected chi connectivity index (χ2v) is 5.80. The average Bonchev–Trinajstić information content (AvgIpc) is 2.41. The SMILES string of the molecule is CC(N)Cc1ccc(OCc2ccc(Cl)c(F)c2)c(Cl)c1. The second kappa shape index (κ2) is 7.12. The van der Waals surface area contributed by atoms with Crippen LogP contribution in [0.15, 0.2) is 36.4 Å². The van der Waals surface area contributed by atoms with Gasteiger partial charge in [0.25, 0.3) is 0 Å². The van der Waals surface area contributed by atoms with Gasteiger partial charge in [-0.1, -0.05) is 35.3 Å². The molecule has 0 fully saturated rings. The zero-order valence-corrected chi connectivity index (χ0v) is 13.1. The Morgan fingerprint density at radius 3 is 2.43 bits per heavy atom. The van der Waals surface area contributed by atoms with E-state index in [2.05, 4.69) is 0 Å². The van der Waals surface area contributed by atoms with Gasteiger partial charge in [0.15, 0.2) is 0 Å². The Morgan fingerprint density at radius 1 is 1.10 bits per heavy atom. The van der Waals surface area contributed by atoms with E-state index in [-0.39, 0.29) is 17.7 Å². The Labute approximate surface area is 133 Å². The third-order valence-corrected chi connectivity index (χ3v) is 3.53. The predicted octanol–water partition coefficient (Wildman–Crippen LogP) is 4.60. The van der Waals surface area contributed by atoms with Gasteiger partial charge in [-0.15, -0.1) is 0 Å². The highest BCUT2D eigenvalue weighted by Crippen LogP contribution is 2.27. The number of hydrogen-bond donors (Lipinski definition) is 1. The van der Waals surface area contributed by atoms with Crippen LogP contribution in [0.2, 0.25) is 10.0 Å². The number of rotatable bonds is 5. The highest BCUT2D eigenvalue weighted by Gasteiger charge is 2.06. The summed E-state index contributed by atoms with van der Waals surface area (Å²) in [7, 11) is 0. The van der Waals surface area contributed by atoms with Crippen molar-refractivity contribution in [3.8, 4) is 5.75 Å². The van der Waals surface area contributed by atoms with Crippen LogP contribution in [-0.2, 0) is 13.0 Å². The maximum Gasteiger partial charge on any atom is 0.142 e. The van der Waals surface area contributed by atoms with Gasteiger partial charge < -0.3 is 10.5 Å². The molecule has 0 aromatic heterocycles. The van der Waals surface area contributed by atoms with E-state index in [4.69, 9.17) is 33.7 Å². The van der Waals surface area contributed by atoms with Crippen molar-refractivity contribution in [2.24, 2.45) is 5.73 Å². The molecule has 0 spiro atoms. The molecule has 5 heteroatoms. The van der Waals surface area contributed by atoms with Crippen molar-refractivity contribution in [1.82, 2.24) is 0 Å². The van der Waals surface area contributed by atoms with Crippen LogP contribution in [0.25, 0.3) is 0 Å². The largest absolute Gasteiger partial charge is 0.487 e. The maximum absolute atomic E-state index is 13.3. The lowest BCUT2D eigenvalue weighted by molar-refractivity contribution is 0.305. The van der Waals surface area contributed by atoms with Crippen molar-refractivity contribution in [2.45, 2.75) is 26.0 Å². The van der Waals surface area contributed by atoms with Crippen molar-refractivity contribution in [3.63, 3.8) is 0 Å². The van der Waals surface area contributed by atoms with Gasteiger partial charge in [-0.3, -0.25) is 0 Å². The van der Waals surface area contributed by atoms with Crippen LogP contribution < -0.4 is 10.5 Å². The quantitative estimate of drug-likeness (QED) is 0.870. The first kappa shape index (κ1) is 16.1. The van der Waals surface area contributed by atoms with Gasteiger partial charge in [0, 0.05) is 6.04 Å². The van der Waals surface area contributed by atoms with Gasteiger partial charge in [-0.2, -0.15) is 0 Å². The molecule has 0 aliphatic carbocycles. The summed E-state index contributed by atoms with van der Waals surface area (Å²) in [6.07, 6.45) is 0.752. The molecule has 0 amide bonds. The molecule has 0 aliphatic heterocycles. The summed E-state index contributed by atoms with van der Waals surface area (Å²) in [5, 5.41) is 0.611. The molecule has 1 unspecified atom stereocenters. The summed E-state index contributed by atoms with van der Waals surface area (Å²) in [4.78, 5) is 0. The van der Waals surface area contributed by atoms with E-state index in [1.165, 1.54) is 12.1 Å². The molecule has 0 saturated heterocycles. The fourth-order valence-electron chi connectivity index (χ4n) is 1.95. The van der Waals surface area contributed by atoms with E-state index in [0.29, 0.717) is 16.3 Å². The minimum absolute atomic E-state index is 0.0740. The van der Waals surface area contributed by atoms with Gasteiger partial charge >= 0.3 is 0 Å². The Morgan fingerprint density at radius 2 is 1.81 bits per heavy atom. The van der Waals surface area contributed by atoms with Crippen molar-refractivity contribution in [3.05, 3.63) is 63.4 Å². The smallest absolute Gasteiger partial charge is 0.142 e. The molecule has 21 heavy (non-hydrogen) atoms.